The van der Waals surface area contributed by atoms with Gasteiger partial charge in [-0.1, -0.05) is 0 Å². The van der Waals surface area contributed by atoms with Crippen molar-refractivity contribution >= 4 is 27.6 Å². The summed E-state index contributed by atoms with van der Waals surface area (Å²) in [6.45, 7) is 4.81. The maximum Gasteiger partial charge on any atom is 0.219 e. The van der Waals surface area contributed by atoms with E-state index < -0.39 is 0 Å². The molecule has 1 heterocycles. The van der Waals surface area contributed by atoms with Gasteiger partial charge in [-0.05, 0) is 34.1 Å². The number of ketones is 1. The number of rotatable bonds is 4. The number of hydrogen-bond donors (Lipinski definition) is 0. The molecule has 0 bridgehead atoms. The molecule has 21 heavy (non-hydrogen) atoms. The van der Waals surface area contributed by atoms with Gasteiger partial charge in [0.05, 0.1) is 18.1 Å². The first-order chi connectivity index (χ1) is 10.0. The highest BCUT2D eigenvalue weighted by Gasteiger charge is 2.21. The van der Waals surface area contributed by atoms with E-state index in [4.69, 9.17) is 4.74 Å². The molecule has 1 fully saturated rings. The Bertz CT molecular complexity index is 540. The van der Waals surface area contributed by atoms with E-state index in [0.717, 1.165) is 17.6 Å². The Morgan fingerprint density at radius 1 is 1.24 bits per heavy atom. The fourth-order valence-corrected chi connectivity index (χ4v) is 2.90. The minimum absolute atomic E-state index is 0.0784. The van der Waals surface area contributed by atoms with Gasteiger partial charge in [0.1, 0.15) is 5.75 Å². The molecule has 5 nitrogen and oxygen atoms in total. The molecule has 1 aromatic carbocycles. The summed E-state index contributed by atoms with van der Waals surface area (Å²) < 4.78 is 5.93. The zero-order chi connectivity index (χ0) is 15.4. The van der Waals surface area contributed by atoms with Crippen molar-refractivity contribution < 1.29 is 14.3 Å². The third-order valence-corrected chi connectivity index (χ3v) is 4.28. The van der Waals surface area contributed by atoms with Gasteiger partial charge in [0.2, 0.25) is 5.91 Å². The Morgan fingerprint density at radius 2 is 1.90 bits per heavy atom. The Kier molecular flexibility index (Phi) is 5.36. The standard InChI is InChI=1S/C15H19BrN2O3/c1-11(19)18-7-5-17(6-8-18)10-14(20)12-3-4-15(21-2)13(16)9-12/h3-4,9H,5-8,10H2,1-2H3. The van der Waals surface area contributed by atoms with Crippen LogP contribution in [0.5, 0.6) is 5.75 Å². The lowest BCUT2D eigenvalue weighted by Gasteiger charge is -2.33. The molecule has 0 aromatic heterocycles. The van der Waals surface area contributed by atoms with Gasteiger partial charge in [0, 0.05) is 38.7 Å². The van der Waals surface area contributed by atoms with Crippen LogP contribution >= 0.6 is 15.9 Å². The first-order valence-corrected chi connectivity index (χ1v) is 7.65. The van der Waals surface area contributed by atoms with Crippen LogP contribution in [-0.4, -0.2) is 61.3 Å². The summed E-state index contributed by atoms with van der Waals surface area (Å²) in [4.78, 5) is 27.5. The molecule has 1 aromatic rings. The lowest BCUT2D eigenvalue weighted by Crippen LogP contribution is -2.49. The van der Waals surface area contributed by atoms with Crippen LogP contribution in [0.4, 0.5) is 0 Å². The maximum absolute atomic E-state index is 12.3. The molecule has 1 amide bonds. The number of carbonyl (C=O) groups excluding carboxylic acids is 2. The van der Waals surface area contributed by atoms with Crippen molar-refractivity contribution in [1.29, 1.82) is 0 Å². The molecule has 2 rings (SSSR count). The second-order valence-corrected chi connectivity index (χ2v) is 5.91. The van der Waals surface area contributed by atoms with E-state index in [2.05, 4.69) is 20.8 Å². The van der Waals surface area contributed by atoms with E-state index in [-0.39, 0.29) is 11.7 Å². The molecular weight excluding hydrogens is 336 g/mol. The number of carbonyl (C=O) groups is 2. The molecule has 1 saturated heterocycles. The molecule has 0 unspecified atom stereocenters. The number of benzene rings is 1. The number of hydrogen-bond acceptors (Lipinski definition) is 4. The largest absolute Gasteiger partial charge is 0.496 e. The minimum atomic E-state index is 0.0784. The van der Waals surface area contributed by atoms with Crippen molar-refractivity contribution in [2.75, 3.05) is 39.8 Å². The van der Waals surface area contributed by atoms with E-state index in [1.54, 1.807) is 32.2 Å². The smallest absolute Gasteiger partial charge is 0.219 e. The average molecular weight is 355 g/mol. The van der Waals surface area contributed by atoms with Crippen molar-refractivity contribution in [3.63, 3.8) is 0 Å². The van der Waals surface area contributed by atoms with Gasteiger partial charge >= 0.3 is 0 Å². The zero-order valence-corrected chi connectivity index (χ0v) is 13.9. The predicted molar refractivity (Wildman–Crippen MR) is 83.7 cm³/mol. The van der Waals surface area contributed by atoms with E-state index in [0.29, 0.717) is 30.9 Å². The SMILES string of the molecule is COc1ccc(C(=O)CN2CCN(C(C)=O)CC2)cc1Br. The van der Waals surface area contributed by atoms with Crippen LogP contribution in [0.15, 0.2) is 22.7 Å². The Morgan fingerprint density at radius 3 is 2.43 bits per heavy atom. The number of halogens is 1. The first-order valence-electron chi connectivity index (χ1n) is 6.86. The van der Waals surface area contributed by atoms with Gasteiger partial charge in [-0.3, -0.25) is 14.5 Å². The van der Waals surface area contributed by atoms with E-state index in [1.807, 2.05) is 4.90 Å². The van der Waals surface area contributed by atoms with Gasteiger partial charge in [0.25, 0.3) is 0 Å². The maximum atomic E-state index is 12.3. The fraction of sp³-hybridized carbons (Fsp3) is 0.467. The summed E-state index contributed by atoms with van der Waals surface area (Å²) in [5.41, 5.74) is 0.664. The zero-order valence-electron chi connectivity index (χ0n) is 12.3. The van der Waals surface area contributed by atoms with Crippen molar-refractivity contribution in [2.24, 2.45) is 0 Å². The summed E-state index contributed by atoms with van der Waals surface area (Å²) in [5, 5.41) is 0. The van der Waals surface area contributed by atoms with Crippen LogP contribution in [0.25, 0.3) is 0 Å². The van der Waals surface area contributed by atoms with Crippen molar-refractivity contribution in [3.8, 4) is 5.75 Å². The molecule has 0 N–H and O–H groups in total. The molecular formula is C15H19BrN2O3. The lowest BCUT2D eigenvalue weighted by molar-refractivity contribution is -0.130. The number of nitrogens with zero attached hydrogens (tertiary/aromatic N) is 2. The second-order valence-electron chi connectivity index (χ2n) is 5.05. The minimum Gasteiger partial charge on any atom is -0.496 e. The molecule has 0 saturated carbocycles. The number of ether oxygens (including phenoxy) is 1. The predicted octanol–water partition coefficient (Wildman–Crippen LogP) is 1.80. The second kappa shape index (κ2) is 7.04. The van der Waals surface area contributed by atoms with Gasteiger partial charge < -0.3 is 9.64 Å². The Hall–Kier alpha value is -1.40. The molecule has 114 valence electrons. The van der Waals surface area contributed by atoms with Crippen molar-refractivity contribution in [2.45, 2.75) is 6.92 Å². The van der Waals surface area contributed by atoms with Crippen molar-refractivity contribution in [3.05, 3.63) is 28.2 Å². The Balaban J connectivity index is 1.93. The molecule has 0 aliphatic carbocycles. The molecule has 6 heteroatoms. The summed E-state index contributed by atoms with van der Waals surface area (Å²) >= 11 is 3.39. The lowest BCUT2D eigenvalue weighted by atomic mass is 10.1. The topological polar surface area (TPSA) is 49.9 Å². The molecule has 0 spiro atoms. The normalized spacial score (nSPS) is 15.9. The number of methoxy groups -OCH3 is 1. The van der Waals surface area contributed by atoms with Crippen molar-refractivity contribution in [1.82, 2.24) is 9.80 Å². The highest BCUT2D eigenvalue weighted by Crippen LogP contribution is 2.25. The van der Waals surface area contributed by atoms with E-state index >= 15 is 0 Å². The molecule has 1 aliphatic rings. The van der Waals surface area contributed by atoms with Crippen LogP contribution in [0, 0.1) is 0 Å². The van der Waals surface area contributed by atoms with Crippen LogP contribution in [0.1, 0.15) is 17.3 Å². The summed E-state index contributed by atoms with van der Waals surface area (Å²) in [7, 11) is 1.59. The third kappa shape index (κ3) is 4.04. The third-order valence-electron chi connectivity index (χ3n) is 3.66. The summed E-state index contributed by atoms with van der Waals surface area (Å²) in [6.07, 6.45) is 0. The molecule has 0 atom stereocenters. The summed E-state index contributed by atoms with van der Waals surface area (Å²) in [5.74, 6) is 0.885. The Labute approximate surface area is 133 Å². The molecule has 1 aliphatic heterocycles. The van der Waals surface area contributed by atoms with Gasteiger partial charge in [-0.15, -0.1) is 0 Å². The quantitative estimate of drug-likeness (QED) is 0.773. The average Bonchev–Trinajstić information content (AvgIpc) is 2.47. The molecule has 0 radical (unpaired) electrons. The monoisotopic (exact) mass is 354 g/mol. The fourth-order valence-electron chi connectivity index (χ4n) is 2.36. The van der Waals surface area contributed by atoms with E-state index in [1.165, 1.54) is 0 Å². The first kappa shape index (κ1) is 16.0. The van der Waals surface area contributed by atoms with Crippen LogP contribution in [0.3, 0.4) is 0 Å². The van der Waals surface area contributed by atoms with E-state index in [9.17, 15) is 9.59 Å². The number of Topliss-reactive ketones (excluding diaryl/α,β-unsaturated/α-hetero) is 1. The van der Waals surface area contributed by atoms with Gasteiger partial charge in [-0.25, -0.2) is 0 Å². The summed E-state index contributed by atoms with van der Waals surface area (Å²) in [6, 6.07) is 5.34. The highest BCUT2D eigenvalue weighted by atomic mass is 79.9. The van der Waals surface area contributed by atoms with Gasteiger partial charge in [0.15, 0.2) is 5.78 Å². The number of piperazine rings is 1. The highest BCUT2D eigenvalue weighted by molar-refractivity contribution is 9.10. The van der Waals surface area contributed by atoms with Crippen LogP contribution in [-0.2, 0) is 4.79 Å². The number of amides is 1. The van der Waals surface area contributed by atoms with Crippen LogP contribution in [0.2, 0.25) is 0 Å². The van der Waals surface area contributed by atoms with Crippen LogP contribution < -0.4 is 4.74 Å². The van der Waals surface area contributed by atoms with Gasteiger partial charge in [-0.2, -0.15) is 0 Å².